The maximum Gasteiger partial charge on any atom is 0.573 e. The summed E-state index contributed by atoms with van der Waals surface area (Å²) >= 11 is 6.45. The van der Waals surface area contributed by atoms with Crippen LogP contribution in [0, 0.1) is 0 Å². The number of halogens is 4. The molecule has 31 heavy (non-hydrogen) atoms. The van der Waals surface area contributed by atoms with Crippen molar-refractivity contribution in [2.45, 2.75) is 57.5 Å². The molecule has 0 aliphatic carbocycles. The molecule has 2 aromatic carbocycles. The Morgan fingerprint density at radius 3 is 2.26 bits per heavy atom. The van der Waals surface area contributed by atoms with Gasteiger partial charge in [-0.15, -0.1) is 13.2 Å². The lowest BCUT2D eigenvalue weighted by atomic mass is 9.74. The van der Waals surface area contributed by atoms with E-state index in [2.05, 4.69) is 4.74 Å². The van der Waals surface area contributed by atoms with E-state index in [0.29, 0.717) is 16.0 Å². The molecule has 2 atom stereocenters. The van der Waals surface area contributed by atoms with E-state index in [1.165, 1.54) is 18.2 Å². The Kier molecular flexibility index (Phi) is 5.24. The molecule has 0 radical (unpaired) electrons. The van der Waals surface area contributed by atoms with E-state index in [1.807, 2.05) is 27.7 Å². The predicted octanol–water partition coefficient (Wildman–Crippen LogP) is 4.70. The van der Waals surface area contributed by atoms with Crippen molar-refractivity contribution < 1.29 is 37.1 Å². The fourth-order valence-electron chi connectivity index (χ4n) is 3.72. The summed E-state index contributed by atoms with van der Waals surface area (Å²) in [6.45, 7) is 7.52. The zero-order valence-corrected chi connectivity index (χ0v) is 18.0. The summed E-state index contributed by atoms with van der Waals surface area (Å²) in [5.74, 6) is -0.163. The van der Waals surface area contributed by atoms with Gasteiger partial charge in [0.1, 0.15) is 17.6 Å². The second-order valence-corrected chi connectivity index (χ2v) is 8.94. The topological polar surface area (TPSA) is 57.2 Å². The highest BCUT2D eigenvalue weighted by Gasteiger charge is 2.54. The van der Waals surface area contributed by atoms with Crippen molar-refractivity contribution in [2.75, 3.05) is 0 Å². The molecule has 0 amide bonds. The van der Waals surface area contributed by atoms with Gasteiger partial charge in [0, 0.05) is 21.6 Å². The Bertz CT molecular complexity index is 995. The molecule has 1 saturated heterocycles. The maximum absolute atomic E-state index is 12.9. The average Bonchev–Trinajstić information content (AvgIpc) is 3.07. The van der Waals surface area contributed by atoms with Crippen LogP contribution in [0.3, 0.4) is 0 Å². The van der Waals surface area contributed by atoms with E-state index in [0.717, 1.165) is 0 Å². The van der Waals surface area contributed by atoms with E-state index in [4.69, 9.17) is 25.6 Å². The Morgan fingerprint density at radius 1 is 1.03 bits per heavy atom. The molecule has 166 valence electrons. The van der Waals surface area contributed by atoms with Crippen LogP contribution in [0.2, 0.25) is 5.02 Å². The lowest BCUT2D eigenvalue weighted by Crippen LogP contribution is -2.41. The zero-order chi connectivity index (χ0) is 22.8. The number of hydrogen-bond acceptors (Lipinski definition) is 5. The van der Waals surface area contributed by atoms with Gasteiger partial charge in [0.05, 0.1) is 11.2 Å². The number of ether oxygens (including phenoxy) is 2. The summed E-state index contributed by atoms with van der Waals surface area (Å²) < 4.78 is 60.7. The molecule has 2 aromatic rings. The highest BCUT2D eigenvalue weighted by Crippen LogP contribution is 2.48. The molecule has 10 heteroatoms. The third-order valence-electron chi connectivity index (χ3n) is 5.97. The van der Waals surface area contributed by atoms with Gasteiger partial charge in [0.25, 0.3) is 0 Å². The lowest BCUT2D eigenvalue weighted by molar-refractivity contribution is -0.275. The largest absolute Gasteiger partial charge is 0.573 e. The fourth-order valence-corrected chi connectivity index (χ4v) is 3.97. The first kappa shape index (κ1) is 22.3. The minimum Gasteiger partial charge on any atom is -0.482 e. The van der Waals surface area contributed by atoms with Gasteiger partial charge >= 0.3 is 13.5 Å². The first-order valence-electron chi connectivity index (χ1n) is 9.68. The molecule has 0 bridgehead atoms. The summed E-state index contributed by atoms with van der Waals surface area (Å²) in [6, 6.07) is 8.67. The lowest BCUT2D eigenvalue weighted by Gasteiger charge is -2.32. The van der Waals surface area contributed by atoms with Crippen molar-refractivity contribution in [3.05, 3.63) is 52.5 Å². The molecular formula is C21H21BClF3O5. The van der Waals surface area contributed by atoms with Gasteiger partial charge in [0.2, 0.25) is 0 Å². The molecule has 5 nitrogen and oxygen atoms in total. The maximum atomic E-state index is 12.9. The van der Waals surface area contributed by atoms with Crippen molar-refractivity contribution in [2.24, 2.45) is 0 Å². The molecule has 2 aliphatic rings. The SMILES string of the molecule is CC1(C)OB(c2c(Cl)ccc3c2[C@H](O)[C@@H](c2ccccc2OC(F)(F)F)O3)OC1(C)C. The number of aliphatic hydroxyl groups excluding tert-OH is 1. The van der Waals surface area contributed by atoms with Crippen molar-refractivity contribution in [3.8, 4) is 11.5 Å². The molecule has 1 fully saturated rings. The number of alkyl halides is 3. The first-order valence-corrected chi connectivity index (χ1v) is 10.1. The summed E-state index contributed by atoms with van der Waals surface area (Å²) in [4.78, 5) is 0. The van der Waals surface area contributed by atoms with Gasteiger partial charge in [-0.1, -0.05) is 29.8 Å². The molecule has 0 spiro atoms. The van der Waals surface area contributed by atoms with E-state index in [-0.39, 0.29) is 11.3 Å². The molecule has 4 rings (SSSR count). The van der Waals surface area contributed by atoms with Crippen LogP contribution in [0.25, 0.3) is 0 Å². The van der Waals surface area contributed by atoms with Crippen LogP contribution in [0.5, 0.6) is 11.5 Å². The third kappa shape index (κ3) is 3.88. The van der Waals surface area contributed by atoms with Crippen molar-refractivity contribution in [1.29, 1.82) is 0 Å². The van der Waals surface area contributed by atoms with Crippen LogP contribution in [-0.2, 0) is 9.31 Å². The van der Waals surface area contributed by atoms with E-state index >= 15 is 0 Å². The second kappa shape index (κ2) is 7.30. The smallest absolute Gasteiger partial charge is 0.482 e. The van der Waals surface area contributed by atoms with Gasteiger partial charge < -0.3 is 23.9 Å². The Balaban J connectivity index is 1.74. The summed E-state index contributed by atoms with van der Waals surface area (Å²) in [7, 11) is -0.883. The second-order valence-electron chi connectivity index (χ2n) is 8.53. The average molecular weight is 457 g/mol. The molecule has 0 aromatic heterocycles. The summed E-state index contributed by atoms with van der Waals surface area (Å²) in [5, 5.41) is 11.4. The monoisotopic (exact) mass is 456 g/mol. The highest BCUT2D eigenvalue weighted by atomic mass is 35.5. The normalized spacial score (nSPS) is 24.1. The molecule has 1 N–H and O–H groups in total. The van der Waals surface area contributed by atoms with E-state index in [9.17, 15) is 18.3 Å². The van der Waals surface area contributed by atoms with Crippen LogP contribution in [0.1, 0.15) is 51.0 Å². The van der Waals surface area contributed by atoms with Gasteiger partial charge in [-0.2, -0.15) is 0 Å². The standard InChI is InChI=1S/C21H21BClF3O5/c1-19(2)20(3,4)31-22(30-19)16-12(23)9-10-14-15(16)17(27)18(28-14)11-7-5-6-8-13(11)29-21(24,25)26/h5-10,17-18,27H,1-4H3/t17-,18+/m0/s1. The van der Waals surface area contributed by atoms with Gasteiger partial charge in [-0.3, -0.25) is 0 Å². The van der Waals surface area contributed by atoms with Crippen LogP contribution in [-0.4, -0.2) is 29.8 Å². The van der Waals surface area contributed by atoms with E-state index in [1.54, 1.807) is 18.2 Å². The fraction of sp³-hybridized carbons (Fsp3) is 0.429. The Morgan fingerprint density at radius 2 is 1.65 bits per heavy atom. The summed E-state index contributed by atoms with van der Waals surface area (Å²) in [5.41, 5.74) is -0.541. The number of benzene rings is 2. The summed E-state index contributed by atoms with van der Waals surface area (Å²) in [6.07, 6.45) is -7.34. The van der Waals surface area contributed by atoms with Crippen LogP contribution < -0.4 is 14.9 Å². The highest BCUT2D eigenvalue weighted by molar-refractivity contribution is 6.66. The minimum atomic E-state index is -4.89. The Labute approximate surface area is 183 Å². The molecule has 2 aliphatic heterocycles. The van der Waals surface area contributed by atoms with Crippen molar-refractivity contribution >= 4 is 24.2 Å². The molecule has 2 heterocycles. The minimum absolute atomic E-state index is 0.0551. The number of para-hydroxylation sites is 1. The van der Waals surface area contributed by atoms with Gasteiger partial charge in [-0.25, -0.2) is 0 Å². The number of rotatable bonds is 3. The van der Waals surface area contributed by atoms with E-state index < -0.39 is 42.6 Å². The predicted molar refractivity (Wildman–Crippen MR) is 109 cm³/mol. The van der Waals surface area contributed by atoms with Crippen LogP contribution >= 0.6 is 11.6 Å². The quantitative estimate of drug-likeness (QED) is 0.678. The number of aliphatic hydroxyl groups is 1. The van der Waals surface area contributed by atoms with Gasteiger partial charge in [-0.05, 0) is 45.9 Å². The molecule has 0 unspecified atom stereocenters. The molecular weight excluding hydrogens is 435 g/mol. The first-order chi connectivity index (χ1) is 14.3. The van der Waals surface area contributed by atoms with Gasteiger partial charge in [0.15, 0.2) is 6.10 Å². The molecule has 0 saturated carbocycles. The van der Waals surface area contributed by atoms with Crippen molar-refractivity contribution in [1.82, 2.24) is 0 Å². The van der Waals surface area contributed by atoms with Crippen LogP contribution in [0.4, 0.5) is 13.2 Å². The number of hydrogen-bond donors (Lipinski definition) is 1. The van der Waals surface area contributed by atoms with Crippen molar-refractivity contribution in [3.63, 3.8) is 0 Å². The third-order valence-corrected chi connectivity index (χ3v) is 6.30. The Hall–Kier alpha value is -1.94. The number of fused-ring (bicyclic) bond motifs is 1. The van der Waals surface area contributed by atoms with Crippen LogP contribution in [0.15, 0.2) is 36.4 Å². The zero-order valence-electron chi connectivity index (χ0n) is 17.3.